The van der Waals surface area contributed by atoms with E-state index in [4.69, 9.17) is 5.84 Å². The molecule has 1 aromatic rings. The molecule has 0 saturated heterocycles. The summed E-state index contributed by atoms with van der Waals surface area (Å²) in [6.07, 6.45) is 6.05. The average molecular weight is 240 g/mol. The Bertz CT molecular complexity index is 257. The molecule has 0 aliphatic heterocycles. The summed E-state index contributed by atoms with van der Waals surface area (Å²) in [5, 5.41) is 2.15. The molecule has 0 aromatic carbocycles. The standard InChI is InChI=1S/C13H24N2S/c1-11(2)8-9-12(15-14)5-3-6-13-7-4-10-16-13/h4,7,10-12,15H,3,5-6,8-9,14H2,1-2H3. The normalized spacial score (nSPS) is 13.2. The lowest BCUT2D eigenvalue weighted by Crippen LogP contribution is -2.35. The molecule has 1 heterocycles. The Labute approximate surface area is 103 Å². The molecule has 16 heavy (non-hydrogen) atoms. The van der Waals surface area contributed by atoms with Gasteiger partial charge in [-0.3, -0.25) is 11.3 Å². The number of nitrogens with two attached hydrogens (primary N) is 1. The Morgan fingerprint density at radius 3 is 2.69 bits per heavy atom. The average Bonchev–Trinajstić information content (AvgIpc) is 2.75. The Morgan fingerprint density at radius 2 is 2.12 bits per heavy atom. The zero-order valence-corrected chi connectivity index (χ0v) is 11.2. The molecular formula is C13H24N2S. The van der Waals surface area contributed by atoms with Crippen LogP contribution in [0.5, 0.6) is 0 Å². The number of hydrogen-bond acceptors (Lipinski definition) is 3. The summed E-state index contributed by atoms with van der Waals surface area (Å²) < 4.78 is 0. The molecule has 0 aliphatic carbocycles. The minimum Gasteiger partial charge on any atom is -0.271 e. The second kappa shape index (κ2) is 7.82. The van der Waals surface area contributed by atoms with E-state index in [1.165, 1.54) is 37.0 Å². The van der Waals surface area contributed by atoms with Crippen LogP contribution in [0.2, 0.25) is 0 Å². The van der Waals surface area contributed by atoms with Crippen molar-refractivity contribution in [2.24, 2.45) is 11.8 Å². The van der Waals surface area contributed by atoms with E-state index in [1.54, 1.807) is 0 Å². The van der Waals surface area contributed by atoms with Gasteiger partial charge in [0, 0.05) is 10.9 Å². The Kier molecular flexibility index (Phi) is 6.69. The van der Waals surface area contributed by atoms with E-state index in [9.17, 15) is 0 Å². The van der Waals surface area contributed by atoms with Crippen molar-refractivity contribution < 1.29 is 0 Å². The van der Waals surface area contributed by atoms with Crippen LogP contribution < -0.4 is 11.3 Å². The fourth-order valence-electron chi connectivity index (χ4n) is 1.82. The summed E-state index contributed by atoms with van der Waals surface area (Å²) in [4.78, 5) is 1.49. The van der Waals surface area contributed by atoms with Gasteiger partial charge in [0.15, 0.2) is 0 Å². The number of hydrogen-bond donors (Lipinski definition) is 2. The molecule has 0 saturated carbocycles. The first-order valence-electron chi connectivity index (χ1n) is 6.21. The highest BCUT2D eigenvalue weighted by molar-refractivity contribution is 7.09. The molecule has 92 valence electrons. The summed E-state index contributed by atoms with van der Waals surface area (Å²) in [6.45, 7) is 4.53. The minimum atomic E-state index is 0.488. The van der Waals surface area contributed by atoms with Crippen molar-refractivity contribution in [3.63, 3.8) is 0 Å². The fraction of sp³-hybridized carbons (Fsp3) is 0.692. The molecule has 0 bridgehead atoms. The van der Waals surface area contributed by atoms with Crippen LogP contribution in [-0.4, -0.2) is 6.04 Å². The predicted molar refractivity (Wildman–Crippen MR) is 72.4 cm³/mol. The summed E-state index contributed by atoms with van der Waals surface area (Å²) >= 11 is 1.85. The van der Waals surface area contributed by atoms with E-state index < -0.39 is 0 Å². The predicted octanol–water partition coefficient (Wildman–Crippen LogP) is 3.34. The van der Waals surface area contributed by atoms with Gasteiger partial charge in [-0.1, -0.05) is 19.9 Å². The van der Waals surface area contributed by atoms with Gasteiger partial charge in [-0.05, 0) is 49.5 Å². The number of hydrazine groups is 1. The molecule has 0 spiro atoms. The third-order valence-electron chi connectivity index (χ3n) is 2.88. The van der Waals surface area contributed by atoms with Crippen molar-refractivity contribution in [3.8, 4) is 0 Å². The van der Waals surface area contributed by atoms with Crippen molar-refractivity contribution in [2.75, 3.05) is 0 Å². The van der Waals surface area contributed by atoms with Gasteiger partial charge in [0.1, 0.15) is 0 Å². The first-order valence-corrected chi connectivity index (χ1v) is 7.09. The molecule has 0 aliphatic rings. The van der Waals surface area contributed by atoms with Crippen LogP contribution in [0.3, 0.4) is 0 Å². The minimum absolute atomic E-state index is 0.488. The fourth-order valence-corrected chi connectivity index (χ4v) is 2.57. The molecule has 3 N–H and O–H groups in total. The van der Waals surface area contributed by atoms with Gasteiger partial charge in [-0.2, -0.15) is 0 Å². The van der Waals surface area contributed by atoms with Gasteiger partial charge >= 0.3 is 0 Å². The molecule has 0 amide bonds. The summed E-state index contributed by atoms with van der Waals surface area (Å²) in [5.41, 5.74) is 2.94. The second-order valence-corrected chi connectivity index (χ2v) is 5.84. The van der Waals surface area contributed by atoms with Crippen LogP contribution in [0.15, 0.2) is 17.5 Å². The molecule has 1 atom stereocenters. The van der Waals surface area contributed by atoms with Crippen LogP contribution in [0.1, 0.15) is 44.4 Å². The Hall–Kier alpha value is -0.380. The zero-order chi connectivity index (χ0) is 11.8. The van der Waals surface area contributed by atoms with Gasteiger partial charge in [-0.15, -0.1) is 11.3 Å². The molecule has 0 radical (unpaired) electrons. The molecule has 3 heteroatoms. The molecule has 1 rings (SSSR count). The first-order chi connectivity index (χ1) is 7.72. The van der Waals surface area contributed by atoms with Gasteiger partial charge in [0.05, 0.1) is 0 Å². The quantitative estimate of drug-likeness (QED) is 0.540. The highest BCUT2D eigenvalue weighted by Gasteiger charge is 2.07. The molecular weight excluding hydrogens is 216 g/mol. The maximum atomic E-state index is 5.57. The number of rotatable bonds is 8. The van der Waals surface area contributed by atoms with Gasteiger partial charge in [0.25, 0.3) is 0 Å². The van der Waals surface area contributed by atoms with Crippen molar-refractivity contribution in [1.29, 1.82) is 0 Å². The lowest BCUT2D eigenvalue weighted by molar-refractivity contribution is 0.409. The summed E-state index contributed by atoms with van der Waals surface area (Å²) in [6, 6.07) is 4.82. The van der Waals surface area contributed by atoms with E-state index in [2.05, 4.69) is 36.8 Å². The highest BCUT2D eigenvalue weighted by Crippen LogP contribution is 2.15. The molecule has 1 unspecified atom stereocenters. The Balaban J connectivity index is 2.13. The third kappa shape index (κ3) is 5.64. The number of nitrogens with one attached hydrogen (secondary N) is 1. The summed E-state index contributed by atoms with van der Waals surface area (Å²) in [7, 11) is 0. The van der Waals surface area contributed by atoms with Crippen molar-refractivity contribution >= 4 is 11.3 Å². The number of aryl methyl sites for hydroxylation is 1. The third-order valence-corrected chi connectivity index (χ3v) is 3.82. The Morgan fingerprint density at radius 1 is 1.31 bits per heavy atom. The van der Waals surface area contributed by atoms with Crippen LogP contribution >= 0.6 is 11.3 Å². The lowest BCUT2D eigenvalue weighted by Gasteiger charge is -2.16. The molecule has 1 aromatic heterocycles. The van der Waals surface area contributed by atoms with Crippen LogP contribution in [0.25, 0.3) is 0 Å². The largest absolute Gasteiger partial charge is 0.271 e. The van der Waals surface area contributed by atoms with Gasteiger partial charge in [0.2, 0.25) is 0 Å². The van der Waals surface area contributed by atoms with Crippen molar-refractivity contribution in [3.05, 3.63) is 22.4 Å². The maximum Gasteiger partial charge on any atom is 0.0210 e. The van der Waals surface area contributed by atoms with Crippen molar-refractivity contribution in [1.82, 2.24) is 5.43 Å². The van der Waals surface area contributed by atoms with E-state index in [0.717, 1.165) is 5.92 Å². The summed E-state index contributed by atoms with van der Waals surface area (Å²) in [5.74, 6) is 6.34. The van der Waals surface area contributed by atoms with Gasteiger partial charge in [-0.25, -0.2) is 0 Å². The van der Waals surface area contributed by atoms with Crippen LogP contribution in [0.4, 0.5) is 0 Å². The second-order valence-electron chi connectivity index (χ2n) is 4.81. The molecule has 0 fully saturated rings. The van der Waals surface area contributed by atoms with E-state index >= 15 is 0 Å². The number of thiophene rings is 1. The van der Waals surface area contributed by atoms with E-state index in [1.807, 2.05) is 11.3 Å². The lowest BCUT2D eigenvalue weighted by atomic mass is 10.00. The zero-order valence-electron chi connectivity index (χ0n) is 10.4. The monoisotopic (exact) mass is 240 g/mol. The van der Waals surface area contributed by atoms with E-state index in [-0.39, 0.29) is 0 Å². The van der Waals surface area contributed by atoms with E-state index in [0.29, 0.717) is 6.04 Å². The SMILES string of the molecule is CC(C)CCC(CCCc1cccs1)NN. The smallest absolute Gasteiger partial charge is 0.0210 e. The first kappa shape index (κ1) is 13.7. The highest BCUT2D eigenvalue weighted by atomic mass is 32.1. The van der Waals surface area contributed by atoms with Crippen LogP contribution in [-0.2, 0) is 6.42 Å². The molecule has 2 nitrogen and oxygen atoms in total. The van der Waals surface area contributed by atoms with Crippen LogP contribution in [0, 0.1) is 5.92 Å². The van der Waals surface area contributed by atoms with Gasteiger partial charge < -0.3 is 0 Å². The topological polar surface area (TPSA) is 38.0 Å². The van der Waals surface area contributed by atoms with Crippen molar-refractivity contribution in [2.45, 2.75) is 52.0 Å². The maximum absolute atomic E-state index is 5.57.